The number of ether oxygens (including phenoxy) is 2. The Morgan fingerprint density at radius 1 is 1.56 bits per heavy atom. The lowest BCUT2D eigenvalue weighted by Gasteiger charge is -1.96. The highest BCUT2D eigenvalue weighted by molar-refractivity contribution is 14.1. The van der Waals surface area contributed by atoms with Gasteiger partial charge in [0, 0.05) is 18.1 Å². The molecular weight excluding hydrogens is 369 g/mol. The summed E-state index contributed by atoms with van der Waals surface area (Å²) in [4.78, 5) is 15.8. The first-order valence-electron chi connectivity index (χ1n) is 4.97. The lowest BCUT2D eigenvalue weighted by Crippen LogP contribution is -2.04. The van der Waals surface area contributed by atoms with Gasteiger partial charge < -0.3 is 13.9 Å². The topological polar surface area (TPSA) is 61.6 Å². The maximum Gasteiger partial charge on any atom is 0.376 e. The first-order valence-corrected chi connectivity index (χ1v) is 6.93. The highest BCUT2D eigenvalue weighted by Crippen LogP contribution is 2.28. The lowest BCUT2D eigenvalue weighted by atomic mass is 10.3. The summed E-state index contributed by atoms with van der Waals surface area (Å²) in [5.74, 6) is -0.0529. The SMILES string of the molecule is COCc1nc(-c2csc(I)c2)oc1C(=O)OC. The molecular formula is C11H10INO4S. The zero-order valence-corrected chi connectivity index (χ0v) is 12.7. The second-order valence-corrected chi connectivity index (χ2v) is 6.16. The van der Waals surface area contributed by atoms with Crippen molar-refractivity contribution in [2.45, 2.75) is 6.61 Å². The van der Waals surface area contributed by atoms with Crippen molar-refractivity contribution in [3.63, 3.8) is 0 Å². The summed E-state index contributed by atoms with van der Waals surface area (Å²) in [5.41, 5.74) is 1.29. The van der Waals surface area contributed by atoms with Crippen LogP contribution in [0.5, 0.6) is 0 Å². The lowest BCUT2D eigenvalue weighted by molar-refractivity contribution is 0.0559. The number of nitrogens with zero attached hydrogens (tertiary/aromatic N) is 1. The van der Waals surface area contributed by atoms with Gasteiger partial charge in [-0.2, -0.15) is 0 Å². The zero-order chi connectivity index (χ0) is 13.1. The molecule has 2 rings (SSSR count). The fraction of sp³-hybridized carbons (Fsp3) is 0.273. The first-order chi connectivity index (χ1) is 8.65. The standard InChI is InChI=1S/C11H10INO4S/c1-15-4-7-9(11(14)16-2)17-10(13-7)6-3-8(12)18-5-6/h3,5H,4H2,1-2H3. The molecule has 0 saturated carbocycles. The summed E-state index contributed by atoms with van der Waals surface area (Å²) in [6, 6.07) is 1.94. The number of esters is 1. The van der Waals surface area contributed by atoms with Crippen LogP contribution in [-0.4, -0.2) is 25.2 Å². The molecule has 2 aromatic rings. The van der Waals surface area contributed by atoms with Crippen molar-refractivity contribution < 1.29 is 18.7 Å². The first kappa shape index (κ1) is 13.5. The number of halogens is 1. The van der Waals surface area contributed by atoms with E-state index in [0.717, 1.165) is 8.45 Å². The molecule has 0 fully saturated rings. The Hall–Kier alpha value is -0.930. The van der Waals surface area contributed by atoms with Gasteiger partial charge in [0.05, 0.1) is 16.6 Å². The average molecular weight is 379 g/mol. The van der Waals surface area contributed by atoms with E-state index in [1.807, 2.05) is 11.4 Å². The van der Waals surface area contributed by atoms with Gasteiger partial charge in [0.15, 0.2) is 0 Å². The summed E-state index contributed by atoms with van der Waals surface area (Å²) < 4.78 is 16.2. The molecule has 0 saturated heterocycles. The molecule has 0 aliphatic carbocycles. The number of carbonyl (C=O) groups excluding carboxylic acids is 1. The van der Waals surface area contributed by atoms with Gasteiger partial charge >= 0.3 is 5.97 Å². The van der Waals surface area contributed by atoms with Crippen LogP contribution in [0.3, 0.4) is 0 Å². The second kappa shape index (κ2) is 5.81. The third kappa shape index (κ3) is 2.73. The van der Waals surface area contributed by atoms with Crippen molar-refractivity contribution in [1.82, 2.24) is 4.98 Å². The number of oxazole rings is 1. The number of thiophene rings is 1. The summed E-state index contributed by atoms with van der Waals surface area (Å²) >= 11 is 3.79. The minimum absolute atomic E-state index is 0.0931. The van der Waals surface area contributed by atoms with Crippen LogP contribution in [0, 0.1) is 2.88 Å². The Bertz CT molecular complexity index is 563. The minimum atomic E-state index is -0.550. The maximum absolute atomic E-state index is 11.5. The normalized spacial score (nSPS) is 10.6. The predicted octanol–water partition coefficient (Wildman–Crippen LogP) is 2.94. The average Bonchev–Trinajstić information content (AvgIpc) is 2.95. The molecule has 5 nitrogen and oxygen atoms in total. The van der Waals surface area contributed by atoms with Crippen molar-refractivity contribution in [2.24, 2.45) is 0 Å². The van der Waals surface area contributed by atoms with E-state index in [4.69, 9.17) is 9.15 Å². The van der Waals surface area contributed by atoms with E-state index in [9.17, 15) is 4.79 Å². The number of methoxy groups -OCH3 is 2. The predicted molar refractivity (Wildman–Crippen MR) is 74.6 cm³/mol. The monoisotopic (exact) mass is 379 g/mol. The quantitative estimate of drug-likeness (QED) is 0.604. The van der Waals surface area contributed by atoms with Crippen molar-refractivity contribution in [2.75, 3.05) is 14.2 Å². The summed E-state index contributed by atoms with van der Waals surface area (Å²) in [6.07, 6.45) is 0. The van der Waals surface area contributed by atoms with Gasteiger partial charge in [-0.3, -0.25) is 0 Å². The van der Waals surface area contributed by atoms with Gasteiger partial charge in [-0.15, -0.1) is 11.3 Å². The van der Waals surface area contributed by atoms with Crippen LogP contribution in [-0.2, 0) is 16.1 Å². The number of hydrogen-bond acceptors (Lipinski definition) is 6. The zero-order valence-electron chi connectivity index (χ0n) is 9.73. The van der Waals surface area contributed by atoms with Crippen molar-refractivity contribution >= 4 is 39.9 Å². The number of aromatic nitrogens is 1. The van der Waals surface area contributed by atoms with Crippen LogP contribution in [0.4, 0.5) is 0 Å². The number of rotatable bonds is 4. The molecule has 0 amide bonds. The van der Waals surface area contributed by atoms with E-state index in [0.29, 0.717) is 11.6 Å². The molecule has 0 aliphatic rings. The van der Waals surface area contributed by atoms with Crippen molar-refractivity contribution in [3.8, 4) is 11.5 Å². The van der Waals surface area contributed by atoms with E-state index >= 15 is 0 Å². The van der Waals surface area contributed by atoms with Crippen LogP contribution in [0.15, 0.2) is 15.9 Å². The van der Waals surface area contributed by atoms with Crippen LogP contribution in [0.1, 0.15) is 16.2 Å². The molecule has 0 bridgehead atoms. The van der Waals surface area contributed by atoms with E-state index in [1.165, 1.54) is 14.2 Å². The van der Waals surface area contributed by atoms with Gasteiger partial charge in [-0.05, 0) is 28.7 Å². The second-order valence-electron chi connectivity index (χ2n) is 3.36. The number of carbonyl (C=O) groups is 1. The molecule has 0 radical (unpaired) electrons. The molecule has 0 spiro atoms. The molecule has 96 valence electrons. The smallest absolute Gasteiger partial charge is 0.376 e. The van der Waals surface area contributed by atoms with Crippen molar-refractivity contribution in [3.05, 3.63) is 25.8 Å². The minimum Gasteiger partial charge on any atom is -0.463 e. The van der Waals surface area contributed by atoms with E-state index in [2.05, 4.69) is 32.3 Å². The van der Waals surface area contributed by atoms with E-state index in [-0.39, 0.29) is 12.4 Å². The molecule has 0 aliphatic heterocycles. The summed E-state index contributed by atoms with van der Waals surface area (Å²) in [7, 11) is 2.83. The van der Waals surface area contributed by atoms with Crippen LogP contribution >= 0.6 is 33.9 Å². The molecule has 0 aromatic carbocycles. The highest BCUT2D eigenvalue weighted by Gasteiger charge is 2.21. The number of hydrogen-bond donors (Lipinski definition) is 0. The summed E-state index contributed by atoms with van der Waals surface area (Å²) in [5, 5.41) is 1.92. The van der Waals surface area contributed by atoms with Crippen LogP contribution in [0.25, 0.3) is 11.5 Å². The molecule has 18 heavy (non-hydrogen) atoms. The molecule has 0 unspecified atom stereocenters. The largest absolute Gasteiger partial charge is 0.463 e. The Morgan fingerprint density at radius 2 is 2.33 bits per heavy atom. The Kier molecular flexibility index (Phi) is 4.36. The molecule has 2 heterocycles. The molecule has 0 atom stereocenters. The van der Waals surface area contributed by atoms with Gasteiger partial charge in [0.25, 0.3) is 0 Å². The van der Waals surface area contributed by atoms with Gasteiger partial charge in [-0.1, -0.05) is 0 Å². The van der Waals surface area contributed by atoms with E-state index in [1.54, 1.807) is 11.3 Å². The Morgan fingerprint density at radius 3 is 2.89 bits per heavy atom. The fourth-order valence-electron chi connectivity index (χ4n) is 1.38. The third-order valence-corrected chi connectivity index (χ3v) is 3.95. The van der Waals surface area contributed by atoms with Crippen LogP contribution < -0.4 is 0 Å². The third-order valence-electron chi connectivity index (χ3n) is 2.16. The molecule has 2 aromatic heterocycles. The molecule has 7 heteroatoms. The highest BCUT2D eigenvalue weighted by atomic mass is 127. The maximum atomic E-state index is 11.5. The van der Waals surface area contributed by atoms with Crippen molar-refractivity contribution in [1.29, 1.82) is 0 Å². The Balaban J connectivity index is 2.41. The summed E-state index contributed by atoms with van der Waals surface area (Å²) in [6.45, 7) is 0.204. The van der Waals surface area contributed by atoms with Crippen LogP contribution in [0.2, 0.25) is 0 Å². The fourth-order valence-corrected chi connectivity index (χ4v) is 2.70. The molecule has 0 N–H and O–H groups in total. The van der Waals surface area contributed by atoms with E-state index < -0.39 is 5.97 Å². The van der Waals surface area contributed by atoms with Gasteiger partial charge in [-0.25, -0.2) is 9.78 Å². The van der Waals surface area contributed by atoms with Gasteiger partial charge in [0.2, 0.25) is 11.7 Å². The van der Waals surface area contributed by atoms with Gasteiger partial charge in [0.1, 0.15) is 5.69 Å². The Labute approximate surface area is 121 Å².